The number of rotatable bonds is 3. The maximum atomic E-state index is 11.0. The highest BCUT2D eigenvalue weighted by atomic mass is 32.1. The standard InChI is InChI=1S/C10H11N3O3S/c1-5(14)12-6-2-3-8(13-10(11)17)7(4-6)9(15)16/h2-4H,1H3,(H,12,14)(H,15,16)(H3,11,13,17). The number of carbonyl (C=O) groups excluding carboxylic acids is 1. The van der Waals surface area contributed by atoms with E-state index < -0.39 is 5.97 Å². The van der Waals surface area contributed by atoms with Gasteiger partial charge in [0.2, 0.25) is 5.91 Å². The second-order valence-corrected chi connectivity index (χ2v) is 3.68. The first-order valence-electron chi connectivity index (χ1n) is 4.61. The van der Waals surface area contributed by atoms with Crippen LogP contribution in [0, 0.1) is 0 Å². The van der Waals surface area contributed by atoms with Crippen LogP contribution in [0.15, 0.2) is 18.2 Å². The van der Waals surface area contributed by atoms with Gasteiger partial charge in [-0.25, -0.2) is 4.79 Å². The summed E-state index contributed by atoms with van der Waals surface area (Å²) < 4.78 is 0. The third-order valence-corrected chi connectivity index (χ3v) is 1.93. The molecule has 0 atom stereocenters. The van der Waals surface area contributed by atoms with Gasteiger partial charge in [-0.1, -0.05) is 0 Å². The van der Waals surface area contributed by atoms with E-state index in [1.165, 1.54) is 19.1 Å². The number of nitrogens with two attached hydrogens (primary N) is 1. The molecule has 0 fully saturated rings. The summed E-state index contributed by atoms with van der Waals surface area (Å²) in [6.07, 6.45) is 0. The van der Waals surface area contributed by atoms with E-state index in [1.54, 1.807) is 6.07 Å². The summed E-state index contributed by atoms with van der Waals surface area (Å²) in [5.41, 5.74) is 5.91. The highest BCUT2D eigenvalue weighted by Crippen LogP contribution is 2.20. The molecule has 0 unspecified atom stereocenters. The van der Waals surface area contributed by atoms with Crippen molar-refractivity contribution in [3.05, 3.63) is 23.8 Å². The van der Waals surface area contributed by atoms with Gasteiger partial charge in [0.25, 0.3) is 0 Å². The van der Waals surface area contributed by atoms with Crippen molar-refractivity contribution in [1.82, 2.24) is 0 Å². The summed E-state index contributed by atoms with van der Waals surface area (Å²) in [5.74, 6) is -1.42. The molecule has 0 aromatic heterocycles. The Kier molecular flexibility index (Phi) is 4.00. The van der Waals surface area contributed by atoms with Crippen molar-refractivity contribution in [2.24, 2.45) is 5.73 Å². The number of hydrogen-bond acceptors (Lipinski definition) is 3. The van der Waals surface area contributed by atoms with E-state index >= 15 is 0 Å². The van der Waals surface area contributed by atoms with E-state index in [0.29, 0.717) is 5.69 Å². The molecule has 0 aliphatic rings. The van der Waals surface area contributed by atoms with Crippen molar-refractivity contribution < 1.29 is 14.7 Å². The Bertz CT molecular complexity index is 488. The smallest absolute Gasteiger partial charge is 0.337 e. The first-order valence-corrected chi connectivity index (χ1v) is 5.02. The van der Waals surface area contributed by atoms with E-state index in [0.717, 1.165) is 0 Å². The van der Waals surface area contributed by atoms with Gasteiger partial charge in [0.1, 0.15) is 0 Å². The van der Waals surface area contributed by atoms with E-state index in [9.17, 15) is 9.59 Å². The van der Waals surface area contributed by atoms with Gasteiger partial charge < -0.3 is 21.5 Å². The minimum Gasteiger partial charge on any atom is -0.478 e. The van der Waals surface area contributed by atoms with Crippen LogP contribution in [-0.4, -0.2) is 22.1 Å². The van der Waals surface area contributed by atoms with Crippen LogP contribution < -0.4 is 16.4 Å². The molecule has 0 spiro atoms. The summed E-state index contributed by atoms with van der Waals surface area (Å²) in [4.78, 5) is 21.8. The van der Waals surface area contributed by atoms with Crippen LogP contribution in [0.25, 0.3) is 0 Å². The Balaban J connectivity index is 3.12. The predicted molar refractivity (Wildman–Crippen MR) is 68.1 cm³/mol. The maximum Gasteiger partial charge on any atom is 0.337 e. The van der Waals surface area contributed by atoms with Gasteiger partial charge in [-0.05, 0) is 30.4 Å². The topological polar surface area (TPSA) is 104 Å². The molecule has 6 nitrogen and oxygen atoms in total. The minimum atomic E-state index is -1.14. The minimum absolute atomic E-state index is 0.0240. The fourth-order valence-electron chi connectivity index (χ4n) is 1.24. The Morgan fingerprint density at radius 2 is 2.00 bits per heavy atom. The van der Waals surface area contributed by atoms with Gasteiger partial charge in [0, 0.05) is 12.6 Å². The second kappa shape index (κ2) is 5.26. The normalized spacial score (nSPS) is 9.47. The van der Waals surface area contributed by atoms with E-state index in [-0.39, 0.29) is 22.3 Å². The first-order chi connectivity index (χ1) is 7.90. The highest BCUT2D eigenvalue weighted by molar-refractivity contribution is 7.80. The predicted octanol–water partition coefficient (Wildman–Crippen LogP) is 0.999. The number of aromatic carboxylic acids is 1. The molecule has 1 rings (SSSR count). The van der Waals surface area contributed by atoms with Crippen LogP contribution in [0.5, 0.6) is 0 Å². The van der Waals surface area contributed by atoms with Gasteiger partial charge in [0.15, 0.2) is 5.11 Å². The van der Waals surface area contributed by atoms with Crippen LogP contribution in [0.2, 0.25) is 0 Å². The molecule has 1 amide bonds. The zero-order chi connectivity index (χ0) is 13.0. The van der Waals surface area contributed by atoms with Gasteiger partial charge in [-0.15, -0.1) is 0 Å². The van der Waals surface area contributed by atoms with E-state index in [4.69, 9.17) is 10.8 Å². The monoisotopic (exact) mass is 253 g/mol. The number of carboxylic acid groups (broad SMARTS) is 1. The molecular formula is C10H11N3O3S. The van der Waals surface area contributed by atoms with Crippen molar-refractivity contribution in [2.75, 3.05) is 10.6 Å². The maximum absolute atomic E-state index is 11.0. The number of thiocarbonyl (C=S) groups is 1. The Labute approximate surface area is 103 Å². The zero-order valence-corrected chi connectivity index (χ0v) is 9.80. The van der Waals surface area contributed by atoms with Crippen molar-refractivity contribution in [3.8, 4) is 0 Å². The van der Waals surface area contributed by atoms with E-state index in [2.05, 4.69) is 22.9 Å². The zero-order valence-electron chi connectivity index (χ0n) is 8.98. The quantitative estimate of drug-likeness (QED) is 0.599. The SMILES string of the molecule is CC(=O)Nc1ccc(NC(N)=S)c(C(=O)O)c1. The molecule has 0 heterocycles. The van der Waals surface area contributed by atoms with Crippen molar-refractivity contribution >= 4 is 40.6 Å². The van der Waals surface area contributed by atoms with Crippen LogP contribution in [-0.2, 0) is 4.79 Å². The average Bonchev–Trinajstić information content (AvgIpc) is 2.18. The fraction of sp³-hybridized carbons (Fsp3) is 0.100. The van der Waals surface area contributed by atoms with Gasteiger partial charge in [-0.2, -0.15) is 0 Å². The van der Waals surface area contributed by atoms with Crippen LogP contribution in [0.4, 0.5) is 11.4 Å². The molecule has 0 aliphatic heterocycles. The lowest BCUT2D eigenvalue weighted by molar-refractivity contribution is -0.114. The largest absolute Gasteiger partial charge is 0.478 e. The average molecular weight is 253 g/mol. The third kappa shape index (κ3) is 3.72. The summed E-state index contributed by atoms with van der Waals surface area (Å²) >= 11 is 4.63. The van der Waals surface area contributed by atoms with E-state index in [1.807, 2.05) is 0 Å². The second-order valence-electron chi connectivity index (χ2n) is 3.24. The molecule has 7 heteroatoms. The number of benzene rings is 1. The lowest BCUT2D eigenvalue weighted by Gasteiger charge is -2.10. The summed E-state index contributed by atoms with van der Waals surface area (Å²) in [5, 5.41) is 14.0. The number of anilines is 2. The van der Waals surface area contributed by atoms with Crippen LogP contribution >= 0.6 is 12.2 Å². The molecule has 0 saturated carbocycles. The summed E-state index contributed by atoms with van der Waals surface area (Å²) in [7, 11) is 0. The van der Waals surface area contributed by atoms with Gasteiger partial charge >= 0.3 is 5.97 Å². The molecule has 17 heavy (non-hydrogen) atoms. The third-order valence-electron chi connectivity index (χ3n) is 1.83. The molecule has 1 aromatic carbocycles. The molecule has 5 N–H and O–H groups in total. The number of nitrogens with one attached hydrogen (secondary N) is 2. The number of carboxylic acids is 1. The molecule has 0 aliphatic carbocycles. The lowest BCUT2D eigenvalue weighted by atomic mass is 10.1. The molecule has 1 aromatic rings. The Hall–Kier alpha value is -2.15. The summed E-state index contributed by atoms with van der Waals surface area (Å²) in [6.45, 7) is 1.33. The van der Waals surface area contributed by atoms with Crippen molar-refractivity contribution in [2.45, 2.75) is 6.92 Å². The number of amides is 1. The van der Waals surface area contributed by atoms with Crippen molar-refractivity contribution in [3.63, 3.8) is 0 Å². The molecule has 0 saturated heterocycles. The van der Waals surface area contributed by atoms with Crippen LogP contribution in [0.3, 0.4) is 0 Å². The Morgan fingerprint density at radius 1 is 1.35 bits per heavy atom. The summed E-state index contributed by atoms with van der Waals surface area (Å²) in [6, 6.07) is 4.35. The van der Waals surface area contributed by atoms with Gasteiger partial charge in [-0.3, -0.25) is 4.79 Å². The lowest BCUT2D eigenvalue weighted by Crippen LogP contribution is -2.20. The molecule has 0 radical (unpaired) electrons. The Morgan fingerprint density at radius 3 is 2.47 bits per heavy atom. The number of hydrogen-bond donors (Lipinski definition) is 4. The van der Waals surface area contributed by atoms with Crippen LogP contribution in [0.1, 0.15) is 17.3 Å². The first kappa shape index (κ1) is 12.9. The molecular weight excluding hydrogens is 242 g/mol. The van der Waals surface area contributed by atoms with Crippen molar-refractivity contribution in [1.29, 1.82) is 0 Å². The fourth-order valence-corrected chi connectivity index (χ4v) is 1.35. The number of carbonyl (C=O) groups is 2. The highest BCUT2D eigenvalue weighted by Gasteiger charge is 2.11. The van der Waals surface area contributed by atoms with Gasteiger partial charge in [0.05, 0.1) is 11.3 Å². The molecule has 90 valence electrons. The molecule has 0 bridgehead atoms.